The molecule has 0 saturated carbocycles. The first kappa shape index (κ1) is 12.9. The third-order valence-electron chi connectivity index (χ3n) is 2.08. The Balaban J connectivity index is 2.92. The average molecular weight is 232 g/mol. The van der Waals surface area contributed by atoms with Gasteiger partial charge in [0.2, 0.25) is 0 Å². The van der Waals surface area contributed by atoms with Crippen LogP contribution in [0.1, 0.15) is 22.3 Å². The van der Waals surface area contributed by atoms with Crippen LogP contribution >= 0.6 is 0 Å². The Kier molecular flexibility index (Phi) is 4.85. The van der Waals surface area contributed by atoms with Crippen LogP contribution in [0.15, 0.2) is 18.2 Å². The average Bonchev–Trinajstić information content (AvgIpc) is 2.34. The van der Waals surface area contributed by atoms with Gasteiger partial charge in [-0.2, -0.15) is 0 Å². The molecule has 0 aromatic heterocycles. The molecule has 1 aromatic rings. The lowest BCUT2D eigenvalue weighted by Crippen LogP contribution is -2.05. The lowest BCUT2D eigenvalue weighted by Gasteiger charge is -1.96. The van der Waals surface area contributed by atoms with Crippen LogP contribution in [0.4, 0.5) is 5.69 Å². The van der Waals surface area contributed by atoms with E-state index in [-0.39, 0.29) is 11.3 Å². The molecule has 17 heavy (non-hydrogen) atoms. The lowest BCUT2D eigenvalue weighted by molar-refractivity contribution is -0.385. The summed E-state index contributed by atoms with van der Waals surface area (Å²) in [5, 5.41) is 13.5. The second-order valence-electron chi connectivity index (χ2n) is 3.30. The predicted molar refractivity (Wildman–Crippen MR) is 63.9 cm³/mol. The Morgan fingerprint density at radius 2 is 2.29 bits per heavy atom. The molecule has 0 heterocycles. The lowest BCUT2D eigenvalue weighted by atomic mass is 10.1. The SMILES string of the molecule is CNCCC#Cc1ccc([N+](=O)[O-])c(C=O)c1. The number of aldehydes is 1. The second-order valence-corrected chi connectivity index (χ2v) is 3.30. The maximum Gasteiger partial charge on any atom is 0.279 e. The molecule has 0 amide bonds. The quantitative estimate of drug-likeness (QED) is 0.280. The molecule has 0 aliphatic rings. The maximum absolute atomic E-state index is 10.7. The molecule has 0 unspecified atom stereocenters. The van der Waals surface area contributed by atoms with Gasteiger partial charge in [-0.3, -0.25) is 14.9 Å². The minimum Gasteiger partial charge on any atom is -0.319 e. The Morgan fingerprint density at radius 3 is 2.88 bits per heavy atom. The third-order valence-corrected chi connectivity index (χ3v) is 2.08. The van der Waals surface area contributed by atoms with Gasteiger partial charge in [0.05, 0.1) is 10.5 Å². The van der Waals surface area contributed by atoms with Crippen molar-refractivity contribution in [3.63, 3.8) is 0 Å². The Morgan fingerprint density at radius 1 is 1.53 bits per heavy atom. The fourth-order valence-electron chi connectivity index (χ4n) is 1.24. The largest absolute Gasteiger partial charge is 0.319 e. The maximum atomic E-state index is 10.7. The number of nitrogens with zero attached hydrogens (tertiary/aromatic N) is 1. The first-order valence-electron chi connectivity index (χ1n) is 5.06. The summed E-state index contributed by atoms with van der Waals surface area (Å²) in [6, 6.07) is 4.26. The fraction of sp³-hybridized carbons (Fsp3) is 0.250. The van der Waals surface area contributed by atoms with Crippen LogP contribution in [0, 0.1) is 22.0 Å². The number of nitro groups is 1. The van der Waals surface area contributed by atoms with Crippen LogP contribution in [-0.4, -0.2) is 24.8 Å². The molecule has 1 aromatic carbocycles. The van der Waals surface area contributed by atoms with E-state index in [1.54, 1.807) is 0 Å². The van der Waals surface area contributed by atoms with Gasteiger partial charge in [0.25, 0.3) is 5.69 Å². The first-order chi connectivity index (χ1) is 8.19. The van der Waals surface area contributed by atoms with E-state index in [4.69, 9.17) is 0 Å². The highest BCUT2D eigenvalue weighted by atomic mass is 16.6. The highest BCUT2D eigenvalue weighted by molar-refractivity contribution is 5.82. The molecule has 0 bridgehead atoms. The van der Waals surface area contributed by atoms with Gasteiger partial charge in [-0.25, -0.2) is 0 Å². The molecule has 0 aliphatic heterocycles. The molecule has 88 valence electrons. The van der Waals surface area contributed by atoms with Gasteiger partial charge in [-0.15, -0.1) is 0 Å². The number of carbonyl (C=O) groups is 1. The summed E-state index contributed by atoms with van der Waals surface area (Å²) in [6.45, 7) is 0.778. The van der Waals surface area contributed by atoms with Crippen molar-refractivity contribution in [3.8, 4) is 11.8 Å². The molecule has 0 saturated heterocycles. The molecule has 0 atom stereocenters. The van der Waals surface area contributed by atoms with Crippen molar-refractivity contribution in [3.05, 3.63) is 39.4 Å². The highest BCUT2D eigenvalue weighted by Crippen LogP contribution is 2.17. The number of rotatable bonds is 4. The monoisotopic (exact) mass is 232 g/mol. The number of nitrogens with one attached hydrogen (secondary N) is 1. The van der Waals surface area contributed by atoms with Gasteiger partial charge in [0.15, 0.2) is 6.29 Å². The standard InChI is InChI=1S/C12H12N2O3/c1-13-7-3-2-4-10-5-6-12(14(16)17)11(8-10)9-15/h5-6,8-9,13H,3,7H2,1H3. The highest BCUT2D eigenvalue weighted by Gasteiger charge is 2.12. The molecule has 0 spiro atoms. The molecule has 1 N–H and O–H groups in total. The first-order valence-corrected chi connectivity index (χ1v) is 5.06. The topological polar surface area (TPSA) is 72.2 Å². The Hall–Kier alpha value is -2.19. The molecular formula is C12H12N2O3. The summed E-state index contributed by atoms with van der Waals surface area (Å²) in [5.41, 5.74) is 0.463. The van der Waals surface area contributed by atoms with Crippen LogP contribution < -0.4 is 5.32 Å². The van der Waals surface area contributed by atoms with Crippen LogP contribution in [0.25, 0.3) is 0 Å². The zero-order chi connectivity index (χ0) is 12.7. The van der Waals surface area contributed by atoms with Gasteiger partial charge >= 0.3 is 0 Å². The smallest absolute Gasteiger partial charge is 0.279 e. The third kappa shape index (κ3) is 3.70. The molecule has 0 radical (unpaired) electrons. The van der Waals surface area contributed by atoms with E-state index < -0.39 is 4.92 Å². The zero-order valence-electron chi connectivity index (χ0n) is 9.40. The zero-order valence-corrected chi connectivity index (χ0v) is 9.40. The number of hydrogen-bond donors (Lipinski definition) is 1. The van der Waals surface area contributed by atoms with Crippen molar-refractivity contribution in [2.75, 3.05) is 13.6 Å². The van der Waals surface area contributed by atoms with Crippen molar-refractivity contribution in [2.45, 2.75) is 6.42 Å². The minimum atomic E-state index is -0.581. The summed E-state index contributed by atoms with van der Waals surface area (Å²) in [6.07, 6.45) is 1.15. The summed E-state index contributed by atoms with van der Waals surface area (Å²) in [7, 11) is 1.83. The van der Waals surface area contributed by atoms with Crippen molar-refractivity contribution in [2.24, 2.45) is 0 Å². The van der Waals surface area contributed by atoms with Crippen LogP contribution in [0.2, 0.25) is 0 Å². The van der Waals surface area contributed by atoms with E-state index in [2.05, 4.69) is 17.2 Å². The predicted octanol–water partition coefficient (Wildman–Crippen LogP) is 1.37. The molecule has 5 heteroatoms. The second kappa shape index (κ2) is 6.40. The van der Waals surface area contributed by atoms with E-state index in [1.807, 2.05) is 7.05 Å². The van der Waals surface area contributed by atoms with Crippen LogP contribution in [0.5, 0.6) is 0 Å². The van der Waals surface area contributed by atoms with Crippen molar-refractivity contribution >= 4 is 12.0 Å². The summed E-state index contributed by atoms with van der Waals surface area (Å²) >= 11 is 0. The molecular weight excluding hydrogens is 220 g/mol. The fourth-order valence-corrected chi connectivity index (χ4v) is 1.24. The molecule has 1 rings (SSSR count). The Bertz CT molecular complexity index is 486. The summed E-state index contributed by atoms with van der Waals surface area (Å²) in [4.78, 5) is 20.7. The van der Waals surface area contributed by atoms with Gasteiger partial charge in [-0.05, 0) is 19.2 Å². The van der Waals surface area contributed by atoms with Gasteiger partial charge in [0, 0.05) is 24.6 Å². The van der Waals surface area contributed by atoms with Gasteiger partial charge in [0.1, 0.15) is 0 Å². The van der Waals surface area contributed by atoms with Crippen molar-refractivity contribution in [1.82, 2.24) is 5.32 Å². The van der Waals surface area contributed by atoms with E-state index in [0.29, 0.717) is 18.3 Å². The van der Waals surface area contributed by atoms with Crippen molar-refractivity contribution < 1.29 is 9.72 Å². The van der Waals surface area contributed by atoms with E-state index >= 15 is 0 Å². The normalized spacial score (nSPS) is 9.24. The van der Waals surface area contributed by atoms with E-state index in [9.17, 15) is 14.9 Å². The van der Waals surface area contributed by atoms with Gasteiger partial charge < -0.3 is 5.32 Å². The molecule has 0 aliphatic carbocycles. The van der Waals surface area contributed by atoms with Crippen LogP contribution in [0.3, 0.4) is 0 Å². The van der Waals surface area contributed by atoms with Crippen molar-refractivity contribution in [1.29, 1.82) is 0 Å². The van der Waals surface area contributed by atoms with E-state index in [0.717, 1.165) is 6.54 Å². The number of benzene rings is 1. The summed E-state index contributed by atoms with van der Waals surface area (Å²) in [5.74, 6) is 5.75. The Labute approximate surface area is 99.0 Å². The molecule has 5 nitrogen and oxygen atoms in total. The number of carbonyl (C=O) groups excluding carboxylic acids is 1. The number of hydrogen-bond acceptors (Lipinski definition) is 4. The summed E-state index contributed by atoms with van der Waals surface area (Å²) < 4.78 is 0. The van der Waals surface area contributed by atoms with E-state index in [1.165, 1.54) is 18.2 Å². The minimum absolute atomic E-state index is 0.0513. The molecule has 0 fully saturated rings. The van der Waals surface area contributed by atoms with Crippen LogP contribution in [-0.2, 0) is 0 Å². The van der Waals surface area contributed by atoms with Gasteiger partial charge in [-0.1, -0.05) is 11.8 Å². The number of nitro benzene ring substituents is 1.